The fourth-order valence-electron chi connectivity index (χ4n) is 1.84. The average molecular weight is 249 g/mol. The lowest BCUT2D eigenvalue weighted by Gasteiger charge is -2.35. The van der Waals surface area contributed by atoms with E-state index in [2.05, 4.69) is 0 Å². The molecule has 0 saturated carbocycles. The van der Waals surface area contributed by atoms with Crippen LogP contribution in [-0.4, -0.2) is 29.2 Å². The lowest BCUT2D eigenvalue weighted by Crippen LogP contribution is -2.49. The molecular formula is C11H11F4NO. The first-order valence-corrected chi connectivity index (χ1v) is 5.11. The molecule has 0 amide bonds. The van der Waals surface area contributed by atoms with Gasteiger partial charge in [-0.25, -0.2) is 4.39 Å². The number of halogens is 4. The molecule has 0 radical (unpaired) electrons. The van der Waals surface area contributed by atoms with E-state index in [4.69, 9.17) is 5.11 Å². The van der Waals surface area contributed by atoms with Crippen LogP contribution in [0.1, 0.15) is 11.1 Å². The van der Waals surface area contributed by atoms with E-state index in [1.165, 1.54) is 0 Å². The molecule has 1 aromatic rings. The van der Waals surface area contributed by atoms with E-state index in [0.717, 1.165) is 12.1 Å². The largest absolute Gasteiger partial charge is 0.416 e. The van der Waals surface area contributed by atoms with Crippen LogP contribution in [0.5, 0.6) is 0 Å². The van der Waals surface area contributed by atoms with E-state index >= 15 is 0 Å². The van der Waals surface area contributed by atoms with Gasteiger partial charge in [-0.05, 0) is 23.8 Å². The van der Waals surface area contributed by atoms with Gasteiger partial charge in [0, 0.05) is 19.6 Å². The number of hydrogen-bond acceptors (Lipinski definition) is 2. The van der Waals surface area contributed by atoms with Crippen molar-refractivity contribution in [1.82, 2.24) is 4.90 Å². The molecule has 0 bridgehead atoms. The molecule has 0 spiro atoms. The number of benzene rings is 1. The van der Waals surface area contributed by atoms with Crippen molar-refractivity contribution in [3.05, 3.63) is 35.1 Å². The number of rotatable bonds is 2. The molecule has 0 atom stereocenters. The summed E-state index contributed by atoms with van der Waals surface area (Å²) in [4.78, 5) is 1.75. The third kappa shape index (κ3) is 2.95. The maximum atomic E-state index is 13.0. The number of aliphatic hydroxyl groups is 1. The molecule has 6 heteroatoms. The summed E-state index contributed by atoms with van der Waals surface area (Å²) in [7, 11) is 0. The highest BCUT2D eigenvalue weighted by molar-refractivity contribution is 5.27. The fraction of sp³-hybridized carbons (Fsp3) is 0.455. The van der Waals surface area contributed by atoms with E-state index in [1.807, 2.05) is 0 Å². The van der Waals surface area contributed by atoms with Gasteiger partial charge in [0.2, 0.25) is 0 Å². The third-order valence-corrected chi connectivity index (χ3v) is 2.63. The Morgan fingerprint density at radius 3 is 2.41 bits per heavy atom. The van der Waals surface area contributed by atoms with E-state index in [-0.39, 0.29) is 12.1 Å². The zero-order valence-corrected chi connectivity index (χ0v) is 8.84. The van der Waals surface area contributed by atoms with Gasteiger partial charge in [0.1, 0.15) is 5.82 Å². The quantitative estimate of drug-likeness (QED) is 0.810. The van der Waals surface area contributed by atoms with Gasteiger partial charge < -0.3 is 5.11 Å². The molecular weight excluding hydrogens is 238 g/mol. The number of nitrogens with zero attached hydrogens (tertiary/aromatic N) is 1. The minimum atomic E-state index is -4.54. The van der Waals surface area contributed by atoms with Crippen molar-refractivity contribution in [3.8, 4) is 0 Å². The highest BCUT2D eigenvalue weighted by atomic mass is 19.4. The molecule has 1 heterocycles. The Morgan fingerprint density at radius 2 is 1.88 bits per heavy atom. The van der Waals surface area contributed by atoms with Crippen LogP contribution in [0.15, 0.2) is 18.2 Å². The monoisotopic (exact) mass is 249 g/mol. The Labute approximate surface area is 95.5 Å². The summed E-state index contributed by atoms with van der Waals surface area (Å²) in [6, 6.07) is 2.50. The van der Waals surface area contributed by atoms with Crippen LogP contribution < -0.4 is 0 Å². The Hall–Kier alpha value is -1.14. The lowest BCUT2D eigenvalue weighted by molar-refractivity contribution is -0.137. The molecule has 0 aromatic heterocycles. The van der Waals surface area contributed by atoms with Crippen molar-refractivity contribution in [2.75, 3.05) is 13.1 Å². The van der Waals surface area contributed by atoms with Crippen molar-refractivity contribution < 1.29 is 22.7 Å². The molecule has 1 aliphatic rings. The normalized spacial score (nSPS) is 18.2. The smallest absolute Gasteiger partial charge is 0.390 e. The van der Waals surface area contributed by atoms with Gasteiger partial charge in [-0.3, -0.25) is 4.90 Å². The Bertz CT molecular complexity index is 412. The van der Waals surface area contributed by atoms with Gasteiger partial charge in [0.15, 0.2) is 0 Å². The van der Waals surface area contributed by atoms with Crippen molar-refractivity contribution in [1.29, 1.82) is 0 Å². The standard InChI is InChI=1S/C11H11F4NO/c12-9-2-7(4-16-5-10(17)6-16)1-8(3-9)11(13,14)15/h1-3,10,17H,4-6H2. The van der Waals surface area contributed by atoms with E-state index in [0.29, 0.717) is 19.2 Å². The van der Waals surface area contributed by atoms with Crippen LogP contribution in [0, 0.1) is 5.82 Å². The minimum absolute atomic E-state index is 0.220. The molecule has 1 aromatic carbocycles. The summed E-state index contributed by atoms with van der Waals surface area (Å²) in [6.45, 7) is 1.05. The number of β-amino-alcohol motifs (C(OH)–C–C–N with tert-alkyl or cyclic N) is 1. The van der Waals surface area contributed by atoms with Crippen LogP contribution in [0.25, 0.3) is 0 Å². The lowest BCUT2D eigenvalue weighted by atomic mass is 10.1. The molecule has 2 rings (SSSR count). The maximum Gasteiger partial charge on any atom is 0.416 e. The van der Waals surface area contributed by atoms with Crippen molar-refractivity contribution in [2.24, 2.45) is 0 Å². The Balaban J connectivity index is 2.14. The summed E-state index contributed by atoms with van der Waals surface area (Å²) in [5.74, 6) is -0.893. The van der Waals surface area contributed by atoms with Crippen LogP contribution in [-0.2, 0) is 12.7 Å². The predicted molar refractivity (Wildman–Crippen MR) is 52.7 cm³/mol. The van der Waals surface area contributed by atoms with Gasteiger partial charge in [0.25, 0.3) is 0 Å². The molecule has 94 valence electrons. The van der Waals surface area contributed by atoms with Crippen molar-refractivity contribution in [2.45, 2.75) is 18.8 Å². The zero-order chi connectivity index (χ0) is 12.6. The molecule has 2 nitrogen and oxygen atoms in total. The second kappa shape index (κ2) is 4.27. The molecule has 0 unspecified atom stereocenters. The van der Waals surface area contributed by atoms with E-state index in [1.54, 1.807) is 4.90 Å². The molecule has 0 aliphatic carbocycles. The van der Waals surface area contributed by atoms with E-state index < -0.39 is 23.7 Å². The molecule has 1 N–H and O–H groups in total. The first kappa shape index (κ1) is 12.3. The number of aliphatic hydroxyl groups excluding tert-OH is 1. The van der Waals surface area contributed by atoms with Crippen LogP contribution in [0.2, 0.25) is 0 Å². The molecule has 17 heavy (non-hydrogen) atoms. The second-order valence-corrected chi connectivity index (χ2v) is 4.19. The van der Waals surface area contributed by atoms with Gasteiger partial charge in [0.05, 0.1) is 11.7 Å². The minimum Gasteiger partial charge on any atom is -0.390 e. The summed E-state index contributed by atoms with van der Waals surface area (Å²) in [5, 5.41) is 9.04. The van der Waals surface area contributed by atoms with Gasteiger partial charge in [-0.1, -0.05) is 0 Å². The Morgan fingerprint density at radius 1 is 1.24 bits per heavy atom. The van der Waals surface area contributed by atoms with Crippen molar-refractivity contribution in [3.63, 3.8) is 0 Å². The van der Waals surface area contributed by atoms with Crippen LogP contribution in [0.4, 0.5) is 17.6 Å². The Kier molecular flexibility index (Phi) is 3.09. The number of likely N-dealkylation sites (tertiary alicyclic amines) is 1. The van der Waals surface area contributed by atoms with E-state index in [9.17, 15) is 17.6 Å². The average Bonchev–Trinajstić information content (AvgIpc) is 2.13. The van der Waals surface area contributed by atoms with Gasteiger partial charge in [-0.2, -0.15) is 13.2 Å². The third-order valence-electron chi connectivity index (χ3n) is 2.63. The number of hydrogen-bond donors (Lipinski definition) is 1. The highest BCUT2D eigenvalue weighted by Gasteiger charge is 2.32. The fourth-order valence-corrected chi connectivity index (χ4v) is 1.84. The summed E-state index contributed by atoms with van der Waals surface area (Å²) in [5.41, 5.74) is -0.710. The summed E-state index contributed by atoms with van der Waals surface area (Å²) < 4.78 is 50.3. The topological polar surface area (TPSA) is 23.5 Å². The molecule has 1 aliphatic heterocycles. The van der Waals surface area contributed by atoms with Gasteiger partial charge >= 0.3 is 6.18 Å². The van der Waals surface area contributed by atoms with Crippen LogP contribution >= 0.6 is 0 Å². The first-order valence-electron chi connectivity index (χ1n) is 5.11. The number of alkyl halides is 3. The van der Waals surface area contributed by atoms with Gasteiger partial charge in [-0.15, -0.1) is 0 Å². The predicted octanol–water partition coefficient (Wildman–Crippen LogP) is 2.02. The van der Waals surface area contributed by atoms with Crippen LogP contribution in [0.3, 0.4) is 0 Å². The second-order valence-electron chi connectivity index (χ2n) is 4.19. The first-order chi connectivity index (χ1) is 7.84. The van der Waals surface area contributed by atoms with Crippen molar-refractivity contribution >= 4 is 0 Å². The highest BCUT2D eigenvalue weighted by Crippen LogP contribution is 2.30. The maximum absolute atomic E-state index is 13.0. The summed E-state index contributed by atoms with van der Waals surface area (Å²) in [6.07, 6.45) is -4.96. The molecule has 1 fully saturated rings. The summed E-state index contributed by atoms with van der Waals surface area (Å²) >= 11 is 0. The SMILES string of the molecule is OC1CN(Cc2cc(F)cc(C(F)(F)F)c2)C1. The molecule has 1 saturated heterocycles. The zero-order valence-electron chi connectivity index (χ0n) is 8.84.